The molecular weight excluding hydrogens is 494 g/mol. The van der Waals surface area contributed by atoms with Crippen LogP contribution in [0.1, 0.15) is 25.0 Å². The molecular formula is C24H22F6N2O4. The SMILES string of the molecule is CCOC(=O)C1=C(C(=O)OCC)N(c2cccc(C(F)(F)F)c2)CN(c2cccc(C(F)(F)F)c2)C1. The van der Waals surface area contributed by atoms with E-state index in [0.29, 0.717) is 0 Å². The molecule has 0 saturated heterocycles. The Hall–Kier alpha value is -3.70. The lowest BCUT2D eigenvalue weighted by Crippen LogP contribution is -2.48. The Morgan fingerprint density at radius 3 is 1.83 bits per heavy atom. The number of anilines is 2. The second kappa shape index (κ2) is 10.5. The molecule has 36 heavy (non-hydrogen) atoms. The monoisotopic (exact) mass is 516 g/mol. The number of benzene rings is 2. The zero-order valence-electron chi connectivity index (χ0n) is 19.2. The summed E-state index contributed by atoms with van der Waals surface area (Å²) in [5.74, 6) is -1.93. The molecule has 0 amide bonds. The van der Waals surface area contributed by atoms with E-state index >= 15 is 0 Å². The molecule has 0 atom stereocenters. The van der Waals surface area contributed by atoms with E-state index in [9.17, 15) is 35.9 Å². The molecule has 1 heterocycles. The molecule has 194 valence electrons. The average molecular weight is 516 g/mol. The molecule has 6 nitrogen and oxygen atoms in total. The molecule has 0 saturated carbocycles. The number of carbonyl (C=O) groups excluding carboxylic acids is 2. The van der Waals surface area contributed by atoms with Gasteiger partial charge in [0.15, 0.2) is 0 Å². The molecule has 1 aliphatic rings. The highest BCUT2D eigenvalue weighted by Gasteiger charge is 2.38. The Kier molecular flexibility index (Phi) is 7.85. The lowest BCUT2D eigenvalue weighted by atomic mass is 10.1. The Bertz CT molecular complexity index is 1160. The van der Waals surface area contributed by atoms with E-state index in [1.54, 1.807) is 0 Å². The number of nitrogens with zero attached hydrogens (tertiary/aromatic N) is 2. The maximum Gasteiger partial charge on any atom is 0.416 e. The highest BCUT2D eigenvalue weighted by Crippen LogP contribution is 2.37. The summed E-state index contributed by atoms with van der Waals surface area (Å²) in [7, 11) is 0. The van der Waals surface area contributed by atoms with Gasteiger partial charge in [-0.15, -0.1) is 0 Å². The van der Waals surface area contributed by atoms with Gasteiger partial charge in [-0.05, 0) is 50.2 Å². The zero-order chi connectivity index (χ0) is 26.7. The number of hydrogen-bond acceptors (Lipinski definition) is 6. The molecule has 0 N–H and O–H groups in total. The molecule has 0 radical (unpaired) electrons. The third-order valence-corrected chi connectivity index (χ3v) is 5.23. The van der Waals surface area contributed by atoms with Gasteiger partial charge in [-0.2, -0.15) is 26.3 Å². The van der Waals surface area contributed by atoms with Crippen LogP contribution in [0.15, 0.2) is 59.8 Å². The largest absolute Gasteiger partial charge is 0.463 e. The van der Waals surface area contributed by atoms with Crippen LogP contribution in [0.2, 0.25) is 0 Å². The van der Waals surface area contributed by atoms with Crippen LogP contribution in [0.3, 0.4) is 0 Å². The summed E-state index contributed by atoms with van der Waals surface area (Å²) in [6.45, 7) is 2.16. The summed E-state index contributed by atoms with van der Waals surface area (Å²) < 4.78 is 90.2. The van der Waals surface area contributed by atoms with Gasteiger partial charge in [0.25, 0.3) is 0 Å². The number of esters is 2. The lowest BCUT2D eigenvalue weighted by molar-refractivity contribution is -0.142. The first-order valence-corrected chi connectivity index (χ1v) is 10.8. The molecule has 12 heteroatoms. The average Bonchev–Trinajstić information content (AvgIpc) is 2.82. The number of ether oxygens (including phenoxy) is 2. The van der Waals surface area contributed by atoms with E-state index in [1.165, 1.54) is 36.9 Å². The van der Waals surface area contributed by atoms with Crippen LogP contribution in [-0.2, 0) is 31.4 Å². The predicted molar refractivity (Wildman–Crippen MR) is 118 cm³/mol. The Morgan fingerprint density at radius 2 is 1.31 bits per heavy atom. The molecule has 0 aliphatic carbocycles. The molecule has 0 spiro atoms. The van der Waals surface area contributed by atoms with Gasteiger partial charge in [0.1, 0.15) is 5.70 Å². The molecule has 2 aromatic rings. The Balaban J connectivity index is 2.20. The standard InChI is InChI=1S/C24H22F6N2O4/c1-3-35-21(33)19-13-31(17-9-5-7-15(11-17)23(25,26)27)14-32(20(19)22(34)36-4-2)18-10-6-8-16(12-18)24(28,29)30/h5-12H,3-4,13-14H2,1-2H3. The first-order chi connectivity index (χ1) is 16.9. The van der Waals surface area contributed by atoms with Crippen LogP contribution in [-0.4, -0.2) is 38.4 Å². The second-order valence-electron chi connectivity index (χ2n) is 7.63. The van der Waals surface area contributed by atoms with Gasteiger partial charge >= 0.3 is 24.3 Å². The Morgan fingerprint density at radius 1 is 0.806 bits per heavy atom. The van der Waals surface area contributed by atoms with E-state index < -0.39 is 35.4 Å². The van der Waals surface area contributed by atoms with Crippen molar-refractivity contribution in [1.82, 2.24) is 0 Å². The number of carbonyl (C=O) groups is 2. The van der Waals surface area contributed by atoms with Crippen molar-refractivity contribution in [1.29, 1.82) is 0 Å². The van der Waals surface area contributed by atoms with Crippen molar-refractivity contribution in [2.45, 2.75) is 26.2 Å². The van der Waals surface area contributed by atoms with Crippen molar-refractivity contribution in [3.63, 3.8) is 0 Å². The van der Waals surface area contributed by atoms with Gasteiger partial charge in [0.05, 0.1) is 43.1 Å². The number of halogens is 6. The Labute approximate surface area is 202 Å². The second-order valence-corrected chi connectivity index (χ2v) is 7.63. The fourth-order valence-electron chi connectivity index (χ4n) is 3.65. The molecule has 0 fully saturated rings. The van der Waals surface area contributed by atoms with Crippen LogP contribution in [0.5, 0.6) is 0 Å². The minimum atomic E-state index is -4.70. The van der Waals surface area contributed by atoms with Gasteiger partial charge in [-0.1, -0.05) is 12.1 Å². The molecule has 0 unspecified atom stereocenters. The third kappa shape index (κ3) is 5.92. The van der Waals surface area contributed by atoms with E-state index in [-0.39, 0.29) is 49.1 Å². The van der Waals surface area contributed by atoms with Gasteiger partial charge < -0.3 is 19.3 Å². The molecule has 3 rings (SSSR count). The van der Waals surface area contributed by atoms with Gasteiger partial charge in [-0.3, -0.25) is 0 Å². The van der Waals surface area contributed by atoms with Crippen LogP contribution in [0, 0.1) is 0 Å². The van der Waals surface area contributed by atoms with E-state index in [2.05, 4.69) is 0 Å². The maximum absolute atomic E-state index is 13.4. The van der Waals surface area contributed by atoms with Gasteiger partial charge in [-0.25, -0.2) is 9.59 Å². The van der Waals surface area contributed by atoms with E-state index in [1.807, 2.05) is 0 Å². The smallest absolute Gasteiger partial charge is 0.416 e. The summed E-state index contributed by atoms with van der Waals surface area (Å²) in [6.07, 6.45) is -9.35. The fourth-order valence-corrected chi connectivity index (χ4v) is 3.65. The summed E-state index contributed by atoms with van der Waals surface area (Å²) in [5, 5.41) is 0. The summed E-state index contributed by atoms with van der Waals surface area (Å²) in [4.78, 5) is 28.1. The number of rotatable bonds is 6. The highest BCUT2D eigenvalue weighted by atomic mass is 19.4. The maximum atomic E-state index is 13.4. The van der Waals surface area contributed by atoms with Crippen molar-refractivity contribution >= 4 is 23.3 Å². The van der Waals surface area contributed by atoms with Crippen LogP contribution in [0.4, 0.5) is 37.7 Å². The van der Waals surface area contributed by atoms with Crippen LogP contribution in [0.25, 0.3) is 0 Å². The molecule has 2 aromatic carbocycles. The highest BCUT2D eigenvalue weighted by molar-refractivity contribution is 6.04. The van der Waals surface area contributed by atoms with Crippen LogP contribution >= 0.6 is 0 Å². The first-order valence-electron chi connectivity index (χ1n) is 10.8. The lowest BCUT2D eigenvalue weighted by Gasteiger charge is -2.39. The van der Waals surface area contributed by atoms with E-state index in [0.717, 1.165) is 35.2 Å². The molecule has 0 aromatic heterocycles. The number of alkyl halides is 6. The van der Waals surface area contributed by atoms with Crippen molar-refractivity contribution in [3.8, 4) is 0 Å². The summed E-state index contributed by atoms with van der Waals surface area (Å²) >= 11 is 0. The van der Waals surface area contributed by atoms with Crippen molar-refractivity contribution in [2.24, 2.45) is 0 Å². The van der Waals surface area contributed by atoms with Crippen molar-refractivity contribution in [3.05, 3.63) is 70.9 Å². The fraction of sp³-hybridized carbons (Fsp3) is 0.333. The topological polar surface area (TPSA) is 59.1 Å². The van der Waals surface area contributed by atoms with Crippen molar-refractivity contribution in [2.75, 3.05) is 36.2 Å². The zero-order valence-corrected chi connectivity index (χ0v) is 19.2. The minimum absolute atomic E-state index is 0.0338. The summed E-state index contributed by atoms with van der Waals surface area (Å²) in [5.41, 5.74) is -2.67. The first kappa shape index (κ1) is 26.9. The van der Waals surface area contributed by atoms with Gasteiger partial charge in [0, 0.05) is 11.4 Å². The quantitative estimate of drug-likeness (QED) is 0.379. The minimum Gasteiger partial charge on any atom is -0.463 e. The van der Waals surface area contributed by atoms with Gasteiger partial charge in [0.2, 0.25) is 0 Å². The number of hydrogen-bond donors (Lipinski definition) is 0. The molecule has 0 bridgehead atoms. The predicted octanol–water partition coefficient (Wildman–Crippen LogP) is 5.39. The normalized spacial score (nSPS) is 14.7. The third-order valence-electron chi connectivity index (χ3n) is 5.23. The summed E-state index contributed by atoms with van der Waals surface area (Å²) in [6, 6.07) is 8.25. The van der Waals surface area contributed by atoms with Crippen LogP contribution < -0.4 is 9.80 Å². The van der Waals surface area contributed by atoms with E-state index in [4.69, 9.17) is 9.47 Å². The molecule has 1 aliphatic heterocycles. The van der Waals surface area contributed by atoms with Crippen molar-refractivity contribution < 1.29 is 45.4 Å².